The summed E-state index contributed by atoms with van der Waals surface area (Å²) in [6.45, 7) is 4.79. The summed E-state index contributed by atoms with van der Waals surface area (Å²) in [6.07, 6.45) is 2.31. The minimum absolute atomic E-state index is 0.733. The Labute approximate surface area is 86.5 Å². The summed E-state index contributed by atoms with van der Waals surface area (Å²) in [6, 6.07) is 8.43. The number of para-hydroxylation sites is 1. The molecule has 0 aliphatic rings. The van der Waals surface area contributed by atoms with Gasteiger partial charge in [0.1, 0.15) is 0 Å². The van der Waals surface area contributed by atoms with Crippen LogP contribution in [-0.2, 0) is 6.42 Å². The second-order valence-electron chi connectivity index (χ2n) is 3.19. The summed E-state index contributed by atoms with van der Waals surface area (Å²) < 4.78 is 0. The van der Waals surface area contributed by atoms with Crippen molar-refractivity contribution in [1.82, 2.24) is 0 Å². The van der Waals surface area contributed by atoms with Crippen LogP contribution >= 0.6 is 0 Å². The summed E-state index contributed by atoms with van der Waals surface area (Å²) in [5.74, 6) is 5.88. The summed E-state index contributed by atoms with van der Waals surface area (Å²) >= 11 is 0. The van der Waals surface area contributed by atoms with Crippen LogP contribution in [0, 0.1) is 11.8 Å². The van der Waals surface area contributed by atoms with Crippen LogP contribution < -0.4 is 5.32 Å². The maximum atomic E-state index is 3.33. The van der Waals surface area contributed by atoms with E-state index in [-0.39, 0.29) is 0 Å². The van der Waals surface area contributed by atoms with Gasteiger partial charge in [-0.25, -0.2) is 0 Å². The van der Waals surface area contributed by atoms with Crippen molar-refractivity contribution in [3.8, 4) is 11.8 Å². The number of anilines is 1. The van der Waals surface area contributed by atoms with E-state index in [0.29, 0.717) is 0 Å². The largest absolute Gasteiger partial charge is 0.374 e. The molecule has 0 saturated heterocycles. The molecule has 0 radical (unpaired) electrons. The Hall–Kier alpha value is -1.42. The lowest BCUT2D eigenvalue weighted by Gasteiger charge is -2.08. The van der Waals surface area contributed by atoms with Crippen molar-refractivity contribution in [2.75, 3.05) is 11.9 Å². The molecule has 0 aromatic heterocycles. The van der Waals surface area contributed by atoms with Crippen molar-refractivity contribution in [2.45, 2.75) is 26.7 Å². The molecule has 0 unspecified atom stereocenters. The second-order valence-corrected chi connectivity index (χ2v) is 3.19. The highest BCUT2D eigenvalue weighted by molar-refractivity contribution is 5.51. The fraction of sp³-hybridized carbons (Fsp3) is 0.385. The molecule has 0 aliphatic heterocycles. The second kappa shape index (κ2) is 6.10. The molecule has 1 aromatic rings. The van der Waals surface area contributed by atoms with Gasteiger partial charge >= 0.3 is 0 Å². The van der Waals surface area contributed by atoms with E-state index in [4.69, 9.17) is 0 Å². The molecule has 1 N–H and O–H groups in total. The Morgan fingerprint density at radius 1 is 1.29 bits per heavy atom. The van der Waals surface area contributed by atoms with Crippen LogP contribution in [0.5, 0.6) is 0 Å². The fourth-order valence-corrected chi connectivity index (χ4v) is 1.41. The zero-order chi connectivity index (χ0) is 10.2. The number of rotatable bonds is 4. The molecule has 0 atom stereocenters. The highest BCUT2D eigenvalue weighted by Crippen LogP contribution is 2.15. The zero-order valence-corrected chi connectivity index (χ0v) is 8.93. The summed E-state index contributed by atoms with van der Waals surface area (Å²) in [4.78, 5) is 0. The maximum Gasteiger partial charge on any atom is 0.0765 e. The van der Waals surface area contributed by atoms with E-state index < -0.39 is 0 Å². The SMILES string of the molecule is CC#CCNc1ccccc1CCC. The van der Waals surface area contributed by atoms with E-state index in [2.05, 4.69) is 48.3 Å². The predicted octanol–water partition coefficient (Wildman–Crippen LogP) is 3.07. The minimum atomic E-state index is 0.733. The number of nitrogens with one attached hydrogen (secondary N) is 1. The van der Waals surface area contributed by atoms with Gasteiger partial charge in [-0.3, -0.25) is 0 Å². The summed E-state index contributed by atoms with van der Waals surface area (Å²) in [7, 11) is 0. The van der Waals surface area contributed by atoms with Crippen molar-refractivity contribution < 1.29 is 0 Å². The molecule has 0 fully saturated rings. The molecule has 14 heavy (non-hydrogen) atoms. The van der Waals surface area contributed by atoms with Crippen LogP contribution in [0.2, 0.25) is 0 Å². The molecule has 0 saturated carbocycles. The van der Waals surface area contributed by atoms with Gasteiger partial charge in [-0.1, -0.05) is 37.5 Å². The van der Waals surface area contributed by atoms with E-state index in [1.165, 1.54) is 17.7 Å². The summed E-state index contributed by atoms with van der Waals surface area (Å²) in [5.41, 5.74) is 2.60. The highest BCUT2D eigenvalue weighted by Gasteiger charge is 1.97. The minimum Gasteiger partial charge on any atom is -0.374 e. The van der Waals surface area contributed by atoms with Crippen LogP contribution in [0.3, 0.4) is 0 Å². The van der Waals surface area contributed by atoms with E-state index in [1.807, 2.05) is 6.92 Å². The molecular formula is C13H17N. The van der Waals surface area contributed by atoms with Gasteiger partial charge in [-0.2, -0.15) is 0 Å². The monoisotopic (exact) mass is 187 g/mol. The molecule has 1 aromatic carbocycles. The van der Waals surface area contributed by atoms with E-state index >= 15 is 0 Å². The van der Waals surface area contributed by atoms with Crippen molar-refractivity contribution in [3.63, 3.8) is 0 Å². The van der Waals surface area contributed by atoms with Gasteiger partial charge in [0.2, 0.25) is 0 Å². The average Bonchev–Trinajstić information content (AvgIpc) is 2.21. The highest BCUT2D eigenvalue weighted by atomic mass is 14.9. The zero-order valence-electron chi connectivity index (χ0n) is 8.93. The average molecular weight is 187 g/mol. The summed E-state index contributed by atoms with van der Waals surface area (Å²) in [5, 5.41) is 3.33. The van der Waals surface area contributed by atoms with E-state index in [9.17, 15) is 0 Å². The Kier molecular flexibility index (Phi) is 4.64. The number of aryl methyl sites for hydroxylation is 1. The van der Waals surface area contributed by atoms with Crippen molar-refractivity contribution in [3.05, 3.63) is 29.8 Å². The molecule has 0 aliphatic carbocycles. The molecule has 1 heteroatoms. The lowest BCUT2D eigenvalue weighted by molar-refractivity contribution is 0.922. The van der Waals surface area contributed by atoms with Crippen molar-refractivity contribution in [1.29, 1.82) is 0 Å². The number of hydrogen-bond acceptors (Lipinski definition) is 1. The molecule has 74 valence electrons. The van der Waals surface area contributed by atoms with Crippen LogP contribution in [-0.4, -0.2) is 6.54 Å². The van der Waals surface area contributed by atoms with Gasteiger partial charge in [0, 0.05) is 5.69 Å². The van der Waals surface area contributed by atoms with Crippen LogP contribution in [0.4, 0.5) is 5.69 Å². The van der Waals surface area contributed by atoms with E-state index in [1.54, 1.807) is 0 Å². The maximum absolute atomic E-state index is 3.33. The third-order valence-electron chi connectivity index (χ3n) is 2.08. The van der Waals surface area contributed by atoms with Crippen molar-refractivity contribution >= 4 is 5.69 Å². The first-order chi connectivity index (χ1) is 6.88. The molecule has 0 heterocycles. The Morgan fingerprint density at radius 3 is 2.79 bits per heavy atom. The quantitative estimate of drug-likeness (QED) is 0.714. The van der Waals surface area contributed by atoms with Gasteiger partial charge < -0.3 is 5.32 Å². The fourth-order valence-electron chi connectivity index (χ4n) is 1.41. The van der Waals surface area contributed by atoms with Crippen LogP contribution in [0.15, 0.2) is 24.3 Å². The normalized spacial score (nSPS) is 9.00. The number of benzene rings is 1. The van der Waals surface area contributed by atoms with Gasteiger partial charge in [-0.15, -0.1) is 5.92 Å². The third kappa shape index (κ3) is 3.14. The Balaban J connectivity index is 2.67. The number of hydrogen-bond donors (Lipinski definition) is 1. The Bertz CT molecular complexity index is 331. The van der Waals surface area contributed by atoms with Crippen molar-refractivity contribution in [2.24, 2.45) is 0 Å². The topological polar surface area (TPSA) is 12.0 Å². The predicted molar refractivity (Wildman–Crippen MR) is 62.4 cm³/mol. The van der Waals surface area contributed by atoms with E-state index in [0.717, 1.165) is 13.0 Å². The first kappa shape index (κ1) is 10.7. The third-order valence-corrected chi connectivity index (χ3v) is 2.08. The smallest absolute Gasteiger partial charge is 0.0765 e. The molecular weight excluding hydrogens is 170 g/mol. The van der Waals surface area contributed by atoms with Crippen LogP contribution in [0.25, 0.3) is 0 Å². The standard InChI is InChI=1S/C13H17N/c1-3-5-11-14-13-10-7-6-9-12(13)8-4-2/h6-7,9-10,14H,4,8,11H2,1-2H3. The van der Waals surface area contributed by atoms with Gasteiger partial charge in [0.15, 0.2) is 0 Å². The molecule has 0 bridgehead atoms. The first-order valence-corrected chi connectivity index (χ1v) is 5.10. The molecule has 1 nitrogen and oxygen atoms in total. The van der Waals surface area contributed by atoms with Gasteiger partial charge in [0.05, 0.1) is 6.54 Å². The lowest BCUT2D eigenvalue weighted by atomic mass is 10.1. The van der Waals surface area contributed by atoms with Gasteiger partial charge in [0.25, 0.3) is 0 Å². The first-order valence-electron chi connectivity index (χ1n) is 5.10. The lowest BCUT2D eigenvalue weighted by Crippen LogP contribution is -2.01. The van der Waals surface area contributed by atoms with Crippen LogP contribution in [0.1, 0.15) is 25.8 Å². The van der Waals surface area contributed by atoms with Gasteiger partial charge in [-0.05, 0) is 25.0 Å². The molecule has 0 amide bonds. The molecule has 0 spiro atoms. The molecule has 1 rings (SSSR count). The Morgan fingerprint density at radius 2 is 2.07 bits per heavy atom.